The largest absolute Gasteiger partial charge is 0.506 e. The first kappa shape index (κ1) is 15.0. The number of hydrogen-bond donors (Lipinski definition) is 3. The predicted molar refractivity (Wildman–Crippen MR) is 77.5 cm³/mol. The quantitative estimate of drug-likeness (QED) is 0.758. The second kappa shape index (κ2) is 6.37. The number of nitrogens with one attached hydrogen (secondary N) is 1. The van der Waals surface area contributed by atoms with Crippen molar-refractivity contribution in [1.82, 2.24) is 0 Å². The number of aryl methyl sites for hydroxylation is 1. The Hall–Kier alpha value is -2.40. The Kier molecular flexibility index (Phi) is 4.55. The summed E-state index contributed by atoms with van der Waals surface area (Å²) < 4.78 is 13.1. The third-order valence-corrected chi connectivity index (χ3v) is 3.04. The molecule has 4 nitrogen and oxygen atoms in total. The molecule has 0 fully saturated rings. The summed E-state index contributed by atoms with van der Waals surface area (Å²) in [7, 11) is 0. The van der Waals surface area contributed by atoms with Crippen molar-refractivity contribution in [2.24, 2.45) is 0 Å². The molecule has 0 aliphatic heterocycles. The molecule has 1 atom stereocenters. The lowest BCUT2D eigenvalue weighted by Crippen LogP contribution is -2.15. The van der Waals surface area contributed by atoms with Crippen molar-refractivity contribution < 1.29 is 19.4 Å². The molecule has 0 bridgehead atoms. The molecule has 3 N–H and O–H groups in total. The molecule has 0 saturated heterocycles. The van der Waals surface area contributed by atoms with Crippen molar-refractivity contribution in [1.29, 1.82) is 0 Å². The van der Waals surface area contributed by atoms with E-state index in [1.807, 2.05) is 6.92 Å². The molecule has 0 aliphatic carbocycles. The highest BCUT2D eigenvalue weighted by atomic mass is 19.1. The Labute approximate surface area is 121 Å². The molecule has 0 aromatic heterocycles. The molecule has 2 aromatic carbocycles. The number of anilines is 1. The van der Waals surface area contributed by atoms with E-state index < -0.39 is 17.8 Å². The number of hydrogen-bond acceptors (Lipinski definition) is 3. The Bertz CT molecular complexity index is 658. The number of aromatic hydroxyl groups is 1. The number of halogens is 1. The van der Waals surface area contributed by atoms with Crippen molar-refractivity contribution >= 4 is 11.6 Å². The van der Waals surface area contributed by atoms with E-state index in [2.05, 4.69) is 5.32 Å². The normalized spacial score (nSPS) is 12.0. The number of carbonyl (C=O) groups excluding carboxylic acids is 1. The van der Waals surface area contributed by atoms with Crippen LogP contribution in [0.25, 0.3) is 0 Å². The van der Waals surface area contributed by atoms with Crippen molar-refractivity contribution in [3.63, 3.8) is 0 Å². The summed E-state index contributed by atoms with van der Waals surface area (Å²) in [6.45, 7) is 1.83. The van der Waals surface area contributed by atoms with Gasteiger partial charge in [-0.2, -0.15) is 0 Å². The number of aliphatic hydroxyl groups is 1. The lowest BCUT2D eigenvalue weighted by Gasteiger charge is -2.12. The third-order valence-electron chi connectivity index (χ3n) is 3.04. The zero-order valence-corrected chi connectivity index (χ0v) is 11.5. The van der Waals surface area contributed by atoms with Crippen LogP contribution < -0.4 is 5.32 Å². The van der Waals surface area contributed by atoms with Crippen LogP contribution in [0.5, 0.6) is 5.75 Å². The smallest absolute Gasteiger partial charge is 0.227 e. The minimum Gasteiger partial charge on any atom is -0.506 e. The fraction of sp³-hybridized carbons (Fsp3) is 0.188. The van der Waals surface area contributed by atoms with Gasteiger partial charge in [-0.3, -0.25) is 4.79 Å². The maximum Gasteiger partial charge on any atom is 0.227 e. The van der Waals surface area contributed by atoms with Crippen LogP contribution in [0.2, 0.25) is 0 Å². The summed E-state index contributed by atoms with van der Waals surface area (Å²) in [4.78, 5) is 11.9. The van der Waals surface area contributed by atoms with Gasteiger partial charge < -0.3 is 15.5 Å². The zero-order chi connectivity index (χ0) is 15.4. The van der Waals surface area contributed by atoms with Crippen LogP contribution in [0.15, 0.2) is 42.5 Å². The summed E-state index contributed by atoms with van der Waals surface area (Å²) in [6.07, 6.45) is -1.33. The van der Waals surface area contributed by atoms with E-state index >= 15 is 0 Å². The van der Waals surface area contributed by atoms with Crippen LogP contribution >= 0.6 is 0 Å². The van der Waals surface area contributed by atoms with Gasteiger partial charge in [0.15, 0.2) is 0 Å². The van der Waals surface area contributed by atoms with Crippen LogP contribution in [-0.4, -0.2) is 16.1 Å². The molecular weight excluding hydrogens is 273 g/mol. The third kappa shape index (κ3) is 4.03. The topological polar surface area (TPSA) is 69.6 Å². The Morgan fingerprint density at radius 2 is 2.05 bits per heavy atom. The lowest BCUT2D eigenvalue weighted by molar-refractivity contribution is -0.118. The highest BCUT2D eigenvalue weighted by Crippen LogP contribution is 2.25. The maximum atomic E-state index is 13.1. The van der Waals surface area contributed by atoms with Crippen LogP contribution in [0.1, 0.15) is 23.7 Å². The van der Waals surface area contributed by atoms with Crippen LogP contribution in [-0.2, 0) is 4.79 Å². The molecule has 2 aromatic rings. The minimum absolute atomic E-state index is 0.0470. The minimum atomic E-state index is -1.10. The fourth-order valence-corrected chi connectivity index (χ4v) is 1.96. The number of benzene rings is 2. The number of rotatable bonds is 4. The number of aliphatic hydroxyl groups excluding tert-OH is 1. The van der Waals surface area contributed by atoms with Crippen LogP contribution in [0.3, 0.4) is 0 Å². The van der Waals surface area contributed by atoms with Gasteiger partial charge in [-0.05, 0) is 42.3 Å². The van der Waals surface area contributed by atoms with E-state index in [0.717, 1.165) is 5.56 Å². The maximum absolute atomic E-state index is 13.1. The van der Waals surface area contributed by atoms with Gasteiger partial charge in [0.05, 0.1) is 18.2 Å². The summed E-state index contributed by atoms with van der Waals surface area (Å²) in [5.41, 5.74) is 1.50. The van der Waals surface area contributed by atoms with Gasteiger partial charge in [0.2, 0.25) is 5.91 Å². The first-order chi connectivity index (χ1) is 9.95. The monoisotopic (exact) mass is 289 g/mol. The van der Waals surface area contributed by atoms with Gasteiger partial charge >= 0.3 is 0 Å². The average Bonchev–Trinajstić information content (AvgIpc) is 2.42. The molecular formula is C16H16FNO3. The van der Waals surface area contributed by atoms with Crippen molar-refractivity contribution in [3.05, 3.63) is 59.4 Å². The molecule has 21 heavy (non-hydrogen) atoms. The molecule has 1 amide bonds. The van der Waals surface area contributed by atoms with E-state index in [1.54, 1.807) is 18.2 Å². The van der Waals surface area contributed by atoms with Gasteiger partial charge in [0.1, 0.15) is 11.6 Å². The van der Waals surface area contributed by atoms with Crippen molar-refractivity contribution in [2.45, 2.75) is 19.4 Å². The summed E-state index contributed by atoms with van der Waals surface area (Å²) in [5, 5.41) is 22.1. The lowest BCUT2D eigenvalue weighted by atomic mass is 10.1. The van der Waals surface area contributed by atoms with E-state index in [1.165, 1.54) is 24.3 Å². The second-order valence-electron chi connectivity index (χ2n) is 4.84. The molecule has 5 heteroatoms. The van der Waals surface area contributed by atoms with Crippen LogP contribution in [0, 0.1) is 12.7 Å². The van der Waals surface area contributed by atoms with Gasteiger partial charge in [0, 0.05) is 0 Å². The van der Waals surface area contributed by atoms with E-state index in [4.69, 9.17) is 0 Å². The number of phenolic OH excluding ortho intramolecular Hbond substituents is 1. The van der Waals surface area contributed by atoms with E-state index in [-0.39, 0.29) is 17.9 Å². The fourth-order valence-electron chi connectivity index (χ4n) is 1.96. The van der Waals surface area contributed by atoms with Gasteiger partial charge in [-0.25, -0.2) is 4.39 Å². The molecule has 1 unspecified atom stereocenters. The van der Waals surface area contributed by atoms with Gasteiger partial charge in [0.25, 0.3) is 0 Å². The van der Waals surface area contributed by atoms with Crippen LogP contribution in [0.4, 0.5) is 10.1 Å². The Morgan fingerprint density at radius 1 is 1.29 bits per heavy atom. The Morgan fingerprint density at radius 3 is 2.76 bits per heavy atom. The summed E-state index contributed by atoms with van der Waals surface area (Å²) >= 11 is 0. The number of carbonyl (C=O) groups is 1. The Balaban J connectivity index is 2.03. The highest BCUT2D eigenvalue weighted by molar-refractivity contribution is 5.92. The van der Waals surface area contributed by atoms with E-state index in [9.17, 15) is 19.4 Å². The predicted octanol–water partition coefficient (Wildman–Crippen LogP) is 2.90. The number of phenols is 1. The number of amides is 1. The molecule has 0 radical (unpaired) electrons. The second-order valence-corrected chi connectivity index (χ2v) is 4.84. The molecule has 0 heterocycles. The highest BCUT2D eigenvalue weighted by Gasteiger charge is 2.15. The van der Waals surface area contributed by atoms with Gasteiger partial charge in [-0.1, -0.05) is 18.2 Å². The van der Waals surface area contributed by atoms with Crippen molar-refractivity contribution in [2.75, 3.05) is 5.32 Å². The molecule has 110 valence electrons. The zero-order valence-electron chi connectivity index (χ0n) is 11.5. The van der Waals surface area contributed by atoms with E-state index in [0.29, 0.717) is 5.56 Å². The average molecular weight is 289 g/mol. The van der Waals surface area contributed by atoms with Crippen molar-refractivity contribution in [3.8, 4) is 5.75 Å². The van der Waals surface area contributed by atoms with Gasteiger partial charge in [-0.15, -0.1) is 0 Å². The first-order valence-corrected chi connectivity index (χ1v) is 6.48. The standard InChI is InChI=1S/C16H16FNO3/c1-10-5-6-14(19)13(7-10)18-16(21)9-15(20)11-3-2-4-12(17)8-11/h2-8,15,19-20H,9H2,1H3,(H,18,21). The molecule has 0 aliphatic rings. The SMILES string of the molecule is Cc1ccc(O)c(NC(=O)CC(O)c2cccc(F)c2)c1. The summed E-state index contributed by atoms with van der Waals surface area (Å²) in [6, 6.07) is 10.3. The first-order valence-electron chi connectivity index (χ1n) is 6.48. The summed E-state index contributed by atoms with van der Waals surface area (Å²) in [5.74, 6) is -0.981. The molecule has 0 spiro atoms. The molecule has 0 saturated carbocycles. The molecule has 2 rings (SSSR count).